The van der Waals surface area contributed by atoms with Crippen LogP contribution in [0.2, 0.25) is 0 Å². The molecule has 0 radical (unpaired) electrons. The van der Waals surface area contributed by atoms with Crippen LogP contribution in [0.15, 0.2) is 29.2 Å². The second-order valence-electron chi connectivity index (χ2n) is 2.69. The lowest BCUT2D eigenvalue weighted by Crippen LogP contribution is -2.05. The number of thioether (sulfide) groups is 1. The third-order valence-electron chi connectivity index (χ3n) is 1.38. The third kappa shape index (κ3) is 4.02. The quantitative estimate of drug-likeness (QED) is 0.589. The Morgan fingerprint density at radius 2 is 1.86 bits per heavy atom. The van der Waals surface area contributed by atoms with E-state index in [1.165, 1.54) is 0 Å². The molecule has 5 heteroatoms. The van der Waals surface area contributed by atoms with Gasteiger partial charge in [-0.3, -0.25) is 0 Å². The maximum Gasteiger partial charge on any atom is 0.306 e. The summed E-state index contributed by atoms with van der Waals surface area (Å²) in [6, 6.07) is 6.99. The largest absolute Gasteiger partial charge is 0.383 e. The van der Waals surface area contributed by atoms with Gasteiger partial charge < -0.3 is 4.18 Å². The Kier molecular flexibility index (Phi) is 3.83. The fourth-order valence-electron chi connectivity index (χ4n) is 0.933. The molecule has 78 valence electrons. The van der Waals surface area contributed by atoms with Gasteiger partial charge in [0.2, 0.25) is 0 Å². The van der Waals surface area contributed by atoms with Crippen molar-refractivity contribution in [3.63, 3.8) is 0 Å². The van der Waals surface area contributed by atoms with Crippen LogP contribution < -0.4 is 4.18 Å². The van der Waals surface area contributed by atoms with Crippen molar-refractivity contribution in [3.05, 3.63) is 24.3 Å². The Balaban J connectivity index is 2.74. The van der Waals surface area contributed by atoms with Crippen LogP contribution in [-0.4, -0.2) is 20.4 Å². The van der Waals surface area contributed by atoms with Crippen LogP contribution in [0.1, 0.15) is 6.92 Å². The van der Waals surface area contributed by atoms with E-state index in [0.29, 0.717) is 5.75 Å². The monoisotopic (exact) mass is 232 g/mol. The molecule has 0 amide bonds. The van der Waals surface area contributed by atoms with Crippen LogP contribution in [0.25, 0.3) is 0 Å². The Morgan fingerprint density at radius 3 is 2.29 bits per heavy atom. The van der Waals surface area contributed by atoms with E-state index in [1.807, 2.05) is 12.1 Å². The molecular formula is C9H12O3S2. The van der Waals surface area contributed by atoms with Crippen LogP contribution >= 0.6 is 11.8 Å². The van der Waals surface area contributed by atoms with Crippen LogP contribution in [0.5, 0.6) is 5.75 Å². The molecule has 0 N–H and O–H groups in total. The van der Waals surface area contributed by atoms with Gasteiger partial charge in [0.15, 0.2) is 0 Å². The molecule has 0 aliphatic rings. The van der Waals surface area contributed by atoms with Gasteiger partial charge in [-0.25, -0.2) is 0 Å². The molecule has 1 aromatic rings. The lowest BCUT2D eigenvalue weighted by Gasteiger charge is -2.03. The lowest BCUT2D eigenvalue weighted by atomic mass is 10.3. The average molecular weight is 232 g/mol. The van der Waals surface area contributed by atoms with Crippen molar-refractivity contribution in [2.45, 2.75) is 11.8 Å². The molecule has 3 nitrogen and oxygen atoms in total. The van der Waals surface area contributed by atoms with Gasteiger partial charge in [0.05, 0.1) is 6.26 Å². The summed E-state index contributed by atoms with van der Waals surface area (Å²) in [5.41, 5.74) is 0. The summed E-state index contributed by atoms with van der Waals surface area (Å²) in [6.07, 6.45) is 1.03. The van der Waals surface area contributed by atoms with Crippen LogP contribution in [0, 0.1) is 0 Å². The molecule has 0 saturated carbocycles. The van der Waals surface area contributed by atoms with Crippen molar-refractivity contribution in [2.24, 2.45) is 0 Å². The summed E-state index contributed by atoms with van der Waals surface area (Å²) in [7, 11) is -3.41. The summed E-state index contributed by atoms with van der Waals surface area (Å²) < 4.78 is 26.3. The maximum absolute atomic E-state index is 10.8. The fraction of sp³-hybridized carbons (Fsp3) is 0.333. The average Bonchev–Trinajstić information content (AvgIpc) is 2.06. The minimum absolute atomic E-state index is 0.355. The van der Waals surface area contributed by atoms with Gasteiger partial charge in [0.1, 0.15) is 5.75 Å². The van der Waals surface area contributed by atoms with E-state index in [9.17, 15) is 8.42 Å². The van der Waals surface area contributed by atoms with Crippen molar-refractivity contribution in [3.8, 4) is 5.75 Å². The first-order valence-corrected chi connectivity index (χ1v) is 6.94. The van der Waals surface area contributed by atoms with Gasteiger partial charge in [-0.1, -0.05) is 6.92 Å². The minimum Gasteiger partial charge on any atom is -0.383 e. The van der Waals surface area contributed by atoms with Crippen molar-refractivity contribution in [1.29, 1.82) is 0 Å². The summed E-state index contributed by atoms with van der Waals surface area (Å²) in [5, 5.41) is 0. The van der Waals surface area contributed by atoms with Crippen LogP contribution in [0.4, 0.5) is 0 Å². The molecule has 1 rings (SSSR count). The van der Waals surface area contributed by atoms with Gasteiger partial charge in [0, 0.05) is 4.90 Å². The van der Waals surface area contributed by atoms with E-state index < -0.39 is 10.1 Å². The van der Waals surface area contributed by atoms with Crippen molar-refractivity contribution in [2.75, 3.05) is 12.0 Å². The fourth-order valence-corrected chi connectivity index (χ4v) is 2.06. The van der Waals surface area contributed by atoms with Crippen molar-refractivity contribution >= 4 is 21.9 Å². The highest BCUT2D eigenvalue weighted by Gasteiger charge is 2.03. The van der Waals surface area contributed by atoms with Gasteiger partial charge in [0.25, 0.3) is 0 Å². The van der Waals surface area contributed by atoms with Gasteiger partial charge >= 0.3 is 10.1 Å². The smallest absolute Gasteiger partial charge is 0.306 e. The lowest BCUT2D eigenvalue weighted by molar-refractivity contribution is 0.493. The molecule has 0 aliphatic carbocycles. The van der Waals surface area contributed by atoms with E-state index in [2.05, 4.69) is 6.92 Å². The van der Waals surface area contributed by atoms with Gasteiger partial charge in [-0.05, 0) is 30.0 Å². The zero-order chi connectivity index (χ0) is 10.6. The van der Waals surface area contributed by atoms with Crippen LogP contribution in [0.3, 0.4) is 0 Å². The Labute approximate surface area is 88.6 Å². The second kappa shape index (κ2) is 4.70. The Bertz CT molecular complexity index is 381. The van der Waals surface area contributed by atoms with E-state index in [4.69, 9.17) is 4.18 Å². The molecule has 0 heterocycles. The van der Waals surface area contributed by atoms with E-state index >= 15 is 0 Å². The molecule has 0 fully saturated rings. The molecule has 0 atom stereocenters. The maximum atomic E-state index is 10.8. The predicted octanol–water partition coefficient (Wildman–Crippen LogP) is 2.14. The highest BCUT2D eigenvalue weighted by atomic mass is 32.2. The van der Waals surface area contributed by atoms with Crippen molar-refractivity contribution in [1.82, 2.24) is 0 Å². The number of rotatable bonds is 4. The molecule has 1 aromatic carbocycles. The molecule has 0 saturated heterocycles. The molecule has 0 unspecified atom stereocenters. The molecule has 14 heavy (non-hydrogen) atoms. The van der Waals surface area contributed by atoms with Crippen molar-refractivity contribution < 1.29 is 12.6 Å². The van der Waals surface area contributed by atoms with Gasteiger partial charge in [-0.2, -0.15) is 8.42 Å². The second-order valence-corrected chi connectivity index (χ2v) is 5.60. The zero-order valence-electron chi connectivity index (χ0n) is 8.06. The standard InChI is InChI=1S/C9H12O3S2/c1-3-13-9-6-4-8(5-7-9)12-14(2,10)11/h4-7H,3H2,1-2H3. The summed E-state index contributed by atoms with van der Waals surface area (Å²) in [4.78, 5) is 1.10. The highest BCUT2D eigenvalue weighted by Crippen LogP contribution is 2.21. The molecular weight excluding hydrogens is 220 g/mol. The number of benzene rings is 1. The van der Waals surface area contributed by atoms with E-state index in [1.54, 1.807) is 23.9 Å². The first-order valence-electron chi connectivity index (χ1n) is 4.13. The van der Waals surface area contributed by atoms with Gasteiger partial charge in [-0.15, -0.1) is 11.8 Å². The summed E-state index contributed by atoms with van der Waals surface area (Å²) >= 11 is 1.70. The SMILES string of the molecule is CCSc1ccc(OS(C)(=O)=O)cc1. The highest BCUT2D eigenvalue weighted by molar-refractivity contribution is 7.99. The molecule has 0 spiro atoms. The molecule has 0 aliphatic heterocycles. The summed E-state index contributed by atoms with van der Waals surface area (Å²) in [6.45, 7) is 2.06. The normalized spacial score (nSPS) is 11.3. The minimum atomic E-state index is -3.41. The van der Waals surface area contributed by atoms with E-state index in [0.717, 1.165) is 16.9 Å². The first kappa shape index (κ1) is 11.4. The number of hydrogen-bond acceptors (Lipinski definition) is 4. The first-order chi connectivity index (χ1) is 6.51. The molecule has 0 aromatic heterocycles. The summed E-state index contributed by atoms with van der Waals surface area (Å²) in [5.74, 6) is 1.35. The van der Waals surface area contributed by atoms with Crippen LogP contribution in [-0.2, 0) is 10.1 Å². The predicted molar refractivity (Wildman–Crippen MR) is 58.3 cm³/mol. The third-order valence-corrected chi connectivity index (χ3v) is 2.77. The zero-order valence-corrected chi connectivity index (χ0v) is 9.69. The Morgan fingerprint density at radius 1 is 1.29 bits per heavy atom. The topological polar surface area (TPSA) is 43.4 Å². The Hall–Kier alpha value is -0.680. The molecule has 0 bridgehead atoms. The number of hydrogen-bond donors (Lipinski definition) is 0. The van der Waals surface area contributed by atoms with E-state index in [-0.39, 0.29) is 0 Å².